The zero-order valence-corrected chi connectivity index (χ0v) is 18.3. The van der Waals surface area contributed by atoms with E-state index in [9.17, 15) is 19.1 Å². The van der Waals surface area contributed by atoms with Crippen molar-refractivity contribution in [3.8, 4) is 0 Å². The van der Waals surface area contributed by atoms with E-state index in [1.54, 1.807) is 10.6 Å². The van der Waals surface area contributed by atoms with Crippen LogP contribution in [0.4, 0.5) is 4.39 Å². The van der Waals surface area contributed by atoms with Crippen molar-refractivity contribution < 1.29 is 19.1 Å². The molecule has 1 aromatic heterocycles. The Balaban J connectivity index is 1.44. The summed E-state index contributed by atoms with van der Waals surface area (Å²) < 4.78 is 16.1. The minimum absolute atomic E-state index is 0.0172. The number of fused-ring (bicyclic) bond motifs is 1. The number of hydrogen-bond donors (Lipinski definition) is 1. The number of aliphatic carboxylic acids is 1. The number of amides is 1. The summed E-state index contributed by atoms with van der Waals surface area (Å²) >= 11 is 4.83. The van der Waals surface area contributed by atoms with E-state index in [1.807, 2.05) is 29.2 Å². The highest BCUT2D eigenvalue weighted by Crippen LogP contribution is 2.29. The third kappa shape index (κ3) is 4.52. The molecule has 1 atom stereocenters. The number of aromatic nitrogens is 2. The van der Waals surface area contributed by atoms with Crippen molar-refractivity contribution in [2.45, 2.75) is 18.1 Å². The van der Waals surface area contributed by atoms with Crippen molar-refractivity contribution in [3.63, 3.8) is 0 Å². The average Bonchev–Trinajstić information content (AvgIpc) is 3.31. The van der Waals surface area contributed by atoms with Crippen molar-refractivity contribution in [1.29, 1.82) is 0 Å². The van der Waals surface area contributed by atoms with Crippen molar-refractivity contribution in [3.05, 3.63) is 58.3 Å². The highest BCUT2D eigenvalue weighted by molar-refractivity contribution is 9.10. The fourth-order valence-electron chi connectivity index (χ4n) is 3.60. The monoisotopic (exact) mass is 491 g/mol. The number of nitrogens with zero attached hydrogens (tertiary/aromatic N) is 3. The number of benzene rings is 2. The first-order chi connectivity index (χ1) is 14.4. The van der Waals surface area contributed by atoms with Crippen LogP contribution in [0.1, 0.15) is 16.8 Å². The lowest BCUT2D eigenvalue weighted by Crippen LogP contribution is -2.28. The fourth-order valence-corrected chi connectivity index (χ4v) is 5.00. The SMILES string of the molecule is O=C(O)Cn1c(SCC2CCN(C(=O)c3ccc(Br)cc3)C2)nc2cc(F)ccc21. The molecule has 1 saturated heterocycles. The summed E-state index contributed by atoms with van der Waals surface area (Å²) in [5.74, 6) is -0.382. The van der Waals surface area contributed by atoms with Crippen LogP contribution < -0.4 is 0 Å². The number of carboxylic acid groups (broad SMARTS) is 1. The third-order valence-corrected chi connectivity index (χ3v) is 6.82. The first-order valence-electron chi connectivity index (χ1n) is 9.46. The number of likely N-dealkylation sites (tertiary alicyclic amines) is 1. The van der Waals surface area contributed by atoms with Gasteiger partial charge >= 0.3 is 5.97 Å². The Hall–Kier alpha value is -2.39. The maximum Gasteiger partial charge on any atom is 0.323 e. The number of halogens is 2. The zero-order chi connectivity index (χ0) is 21.3. The highest BCUT2D eigenvalue weighted by Gasteiger charge is 2.27. The van der Waals surface area contributed by atoms with E-state index in [1.165, 1.54) is 23.9 Å². The normalized spacial score (nSPS) is 16.3. The van der Waals surface area contributed by atoms with Crippen LogP contribution >= 0.6 is 27.7 Å². The summed E-state index contributed by atoms with van der Waals surface area (Å²) in [7, 11) is 0. The molecule has 1 fully saturated rings. The van der Waals surface area contributed by atoms with Gasteiger partial charge in [-0.2, -0.15) is 0 Å². The van der Waals surface area contributed by atoms with Gasteiger partial charge in [0.25, 0.3) is 5.91 Å². The Morgan fingerprint density at radius 2 is 2.00 bits per heavy atom. The Labute approximate surface area is 185 Å². The number of imidazole rings is 1. The van der Waals surface area contributed by atoms with Crippen LogP contribution in [0.25, 0.3) is 11.0 Å². The molecule has 0 spiro atoms. The van der Waals surface area contributed by atoms with Gasteiger partial charge in [0.05, 0.1) is 11.0 Å². The van der Waals surface area contributed by atoms with E-state index in [0.717, 1.165) is 10.9 Å². The summed E-state index contributed by atoms with van der Waals surface area (Å²) in [6, 6.07) is 11.5. The van der Waals surface area contributed by atoms with Crippen LogP contribution in [0.3, 0.4) is 0 Å². The molecule has 2 heterocycles. The van der Waals surface area contributed by atoms with Gasteiger partial charge in [-0.15, -0.1) is 0 Å². The van der Waals surface area contributed by atoms with Gasteiger partial charge in [-0.05, 0) is 48.7 Å². The van der Waals surface area contributed by atoms with Crippen molar-refractivity contribution in [2.24, 2.45) is 5.92 Å². The predicted molar refractivity (Wildman–Crippen MR) is 116 cm³/mol. The van der Waals surface area contributed by atoms with Gasteiger partial charge in [0.2, 0.25) is 0 Å². The Kier molecular flexibility index (Phi) is 6.10. The standard InChI is InChI=1S/C21H19BrFN3O3S/c22-15-3-1-14(2-4-15)20(29)25-8-7-13(10-25)12-30-21-24-17-9-16(23)5-6-18(17)26(21)11-19(27)28/h1-6,9,13H,7-8,10-12H2,(H,27,28). The van der Waals surface area contributed by atoms with Gasteiger partial charge < -0.3 is 14.6 Å². The van der Waals surface area contributed by atoms with Gasteiger partial charge in [0.1, 0.15) is 12.4 Å². The van der Waals surface area contributed by atoms with Gasteiger partial charge in [0, 0.05) is 34.9 Å². The lowest BCUT2D eigenvalue weighted by atomic mass is 10.1. The minimum Gasteiger partial charge on any atom is -0.480 e. The first kappa shape index (κ1) is 20.9. The second-order valence-electron chi connectivity index (χ2n) is 7.23. The van der Waals surface area contributed by atoms with Gasteiger partial charge in [0.15, 0.2) is 5.16 Å². The lowest BCUT2D eigenvalue weighted by Gasteiger charge is -2.16. The van der Waals surface area contributed by atoms with E-state index >= 15 is 0 Å². The highest BCUT2D eigenvalue weighted by atomic mass is 79.9. The van der Waals surface area contributed by atoms with Crippen LogP contribution in [0, 0.1) is 11.7 Å². The molecule has 3 aromatic rings. The van der Waals surface area contributed by atoms with Crippen LogP contribution in [-0.2, 0) is 11.3 Å². The van der Waals surface area contributed by atoms with Crippen LogP contribution in [-0.4, -0.2) is 50.3 Å². The predicted octanol–water partition coefficient (Wildman–Crippen LogP) is 4.28. The van der Waals surface area contributed by atoms with E-state index in [-0.39, 0.29) is 18.4 Å². The molecule has 2 aromatic carbocycles. The van der Waals surface area contributed by atoms with E-state index in [0.29, 0.717) is 40.6 Å². The van der Waals surface area contributed by atoms with Crippen molar-refractivity contribution >= 4 is 50.6 Å². The molecule has 0 saturated carbocycles. The number of thioether (sulfide) groups is 1. The van der Waals surface area contributed by atoms with E-state index in [4.69, 9.17) is 0 Å². The number of carbonyl (C=O) groups is 2. The molecule has 0 bridgehead atoms. The van der Waals surface area contributed by atoms with Gasteiger partial charge in [-0.3, -0.25) is 9.59 Å². The number of hydrogen-bond acceptors (Lipinski definition) is 4. The summed E-state index contributed by atoms with van der Waals surface area (Å²) in [6.45, 7) is 1.11. The number of rotatable bonds is 6. The van der Waals surface area contributed by atoms with Crippen molar-refractivity contribution in [1.82, 2.24) is 14.5 Å². The van der Waals surface area contributed by atoms with Gasteiger partial charge in [-0.25, -0.2) is 9.37 Å². The average molecular weight is 492 g/mol. The van der Waals surface area contributed by atoms with E-state index in [2.05, 4.69) is 20.9 Å². The molecule has 1 aliphatic heterocycles. The zero-order valence-electron chi connectivity index (χ0n) is 15.9. The summed E-state index contributed by atoms with van der Waals surface area (Å²) in [5.41, 5.74) is 1.70. The molecule has 156 valence electrons. The fraction of sp³-hybridized carbons (Fsp3) is 0.286. The summed E-state index contributed by atoms with van der Waals surface area (Å²) in [4.78, 5) is 30.3. The number of carboxylic acids is 1. The first-order valence-corrected chi connectivity index (χ1v) is 11.2. The second-order valence-corrected chi connectivity index (χ2v) is 9.13. The molecular formula is C21H19BrFN3O3S. The largest absolute Gasteiger partial charge is 0.480 e. The second kappa shape index (κ2) is 8.77. The molecule has 1 aliphatic rings. The summed E-state index contributed by atoms with van der Waals surface area (Å²) in [5, 5.41) is 9.80. The molecule has 1 N–H and O–H groups in total. The number of carbonyl (C=O) groups excluding carboxylic acids is 1. The summed E-state index contributed by atoms with van der Waals surface area (Å²) in [6.07, 6.45) is 0.878. The molecule has 1 unspecified atom stereocenters. The van der Waals surface area contributed by atoms with Crippen LogP contribution in [0.2, 0.25) is 0 Å². The maximum atomic E-state index is 13.5. The van der Waals surface area contributed by atoms with E-state index < -0.39 is 11.8 Å². The molecule has 1 amide bonds. The Bertz CT molecular complexity index is 1100. The van der Waals surface area contributed by atoms with Crippen molar-refractivity contribution in [2.75, 3.05) is 18.8 Å². The lowest BCUT2D eigenvalue weighted by molar-refractivity contribution is -0.137. The van der Waals surface area contributed by atoms with Crippen LogP contribution in [0.15, 0.2) is 52.1 Å². The quantitative estimate of drug-likeness (QED) is 0.520. The topological polar surface area (TPSA) is 75.4 Å². The van der Waals surface area contributed by atoms with Gasteiger partial charge in [-0.1, -0.05) is 27.7 Å². The molecule has 4 rings (SSSR count). The molecular weight excluding hydrogens is 473 g/mol. The maximum absolute atomic E-state index is 13.5. The minimum atomic E-state index is -0.979. The molecule has 30 heavy (non-hydrogen) atoms. The smallest absolute Gasteiger partial charge is 0.323 e. The molecule has 0 radical (unpaired) electrons. The molecule has 0 aliphatic carbocycles. The van der Waals surface area contributed by atoms with Crippen LogP contribution in [0.5, 0.6) is 0 Å². The molecule has 6 nitrogen and oxygen atoms in total. The molecule has 9 heteroatoms. The Morgan fingerprint density at radius 3 is 2.73 bits per heavy atom. The Morgan fingerprint density at radius 1 is 1.23 bits per heavy atom. The third-order valence-electron chi connectivity index (χ3n) is 5.08.